The molecule has 24 heavy (non-hydrogen) atoms. The number of nitriles is 1. The van der Waals surface area contributed by atoms with Crippen LogP contribution in [-0.4, -0.2) is 51.6 Å². The molecule has 0 amide bonds. The summed E-state index contributed by atoms with van der Waals surface area (Å²) in [4.78, 5) is 11.4. The van der Waals surface area contributed by atoms with Crippen molar-refractivity contribution in [1.82, 2.24) is 4.31 Å². The van der Waals surface area contributed by atoms with Crippen LogP contribution in [0.3, 0.4) is 0 Å². The van der Waals surface area contributed by atoms with Crippen LogP contribution in [0.1, 0.15) is 23.2 Å². The molecule has 1 aromatic carbocycles. The third-order valence-electron chi connectivity index (χ3n) is 3.42. The van der Waals surface area contributed by atoms with Gasteiger partial charge in [-0.05, 0) is 24.6 Å². The van der Waals surface area contributed by atoms with Gasteiger partial charge in [0.05, 0.1) is 31.5 Å². The molecule has 1 saturated heterocycles. The Balaban J connectivity index is 2.19. The summed E-state index contributed by atoms with van der Waals surface area (Å²) in [7, 11) is -4.05. The number of nitrogens with zero attached hydrogens (tertiary/aromatic N) is 2. The molecule has 0 spiro atoms. The molecule has 2 rings (SSSR count). The molecule has 1 aromatic rings. The number of halogens is 1. The lowest BCUT2D eigenvalue weighted by atomic mass is 10.2. The Morgan fingerprint density at radius 2 is 2.08 bits per heavy atom. The lowest BCUT2D eigenvalue weighted by molar-refractivity contribution is 0.0501. The maximum atomic E-state index is 14.0. The first kappa shape index (κ1) is 18.3. The number of carbonyl (C=O) groups excluding carboxylic acids is 1. The van der Waals surface area contributed by atoms with E-state index >= 15 is 0 Å². The number of esters is 1. The molecule has 130 valence electrons. The molecule has 0 radical (unpaired) electrons. The third-order valence-corrected chi connectivity index (χ3v) is 5.33. The molecule has 1 aliphatic rings. The quantitative estimate of drug-likeness (QED) is 0.563. The molecule has 0 aliphatic carbocycles. The average molecular weight is 356 g/mol. The van der Waals surface area contributed by atoms with Gasteiger partial charge in [0, 0.05) is 19.5 Å². The van der Waals surface area contributed by atoms with E-state index in [2.05, 4.69) is 0 Å². The zero-order valence-electron chi connectivity index (χ0n) is 12.9. The van der Waals surface area contributed by atoms with Crippen molar-refractivity contribution in [2.75, 3.05) is 32.9 Å². The second kappa shape index (κ2) is 8.19. The van der Waals surface area contributed by atoms with Crippen molar-refractivity contribution < 1.29 is 27.1 Å². The van der Waals surface area contributed by atoms with E-state index in [4.69, 9.17) is 14.7 Å². The van der Waals surface area contributed by atoms with Crippen molar-refractivity contribution in [3.8, 4) is 6.07 Å². The van der Waals surface area contributed by atoms with Crippen LogP contribution in [0.5, 0.6) is 0 Å². The van der Waals surface area contributed by atoms with Gasteiger partial charge in [-0.1, -0.05) is 0 Å². The molecule has 0 bridgehead atoms. The Hall–Kier alpha value is -2.02. The summed E-state index contributed by atoms with van der Waals surface area (Å²) in [6.45, 7) is 0.771. The SMILES string of the molecule is N#CCCCOC(=O)c1ccc(F)c(S(=O)(=O)N2CCOCC2)c1. The van der Waals surface area contributed by atoms with Crippen LogP contribution in [0.15, 0.2) is 23.1 Å². The first-order valence-corrected chi connectivity index (χ1v) is 8.82. The van der Waals surface area contributed by atoms with E-state index in [-0.39, 0.29) is 44.9 Å². The lowest BCUT2D eigenvalue weighted by Gasteiger charge is -2.26. The standard InChI is InChI=1S/C15H17FN2O5S/c16-13-4-3-12(15(19)23-8-2-1-5-17)11-14(13)24(20,21)18-6-9-22-10-7-18/h3-4,11H,1-2,6-10H2. The van der Waals surface area contributed by atoms with E-state index in [1.807, 2.05) is 6.07 Å². The van der Waals surface area contributed by atoms with Gasteiger partial charge in [-0.3, -0.25) is 0 Å². The van der Waals surface area contributed by atoms with Gasteiger partial charge in [-0.25, -0.2) is 17.6 Å². The highest BCUT2D eigenvalue weighted by molar-refractivity contribution is 7.89. The fourth-order valence-electron chi connectivity index (χ4n) is 2.15. The minimum Gasteiger partial charge on any atom is -0.462 e. The molecule has 7 nitrogen and oxygen atoms in total. The Morgan fingerprint density at radius 1 is 1.38 bits per heavy atom. The van der Waals surface area contributed by atoms with Gasteiger partial charge in [-0.2, -0.15) is 9.57 Å². The first-order valence-electron chi connectivity index (χ1n) is 7.38. The van der Waals surface area contributed by atoms with Crippen LogP contribution >= 0.6 is 0 Å². The maximum Gasteiger partial charge on any atom is 0.338 e. The van der Waals surface area contributed by atoms with Crippen LogP contribution in [-0.2, 0) is 19.5 Å². The summed E-state index contributed by atoms with van der Waals surface area (Å²) in [5.74, 6) is -1.69. The van der Waals surface area contributed by atoms with E-state index in [0.29, 0.717) is 6.42 Å². The number of hydrogen-bond donors (Lipinski definition) is 0. The van der Waals surface area contributed by atoms with Crippen molar-refractivity contribution >= 4 is 16.0 Å². The number of unbranched alkanes of at least 4 members (excludes halogenated alkanes) is 1. The number of benzene rings is 1. The Bertz CT molecular complexity index is 739. The molecular formula is C15H17FN2O5S. The average Bonchev–Trinajstić information content (AvgIpc) is 2.59. The molecular weight excluding hydrogens is 339 g/mol. The number of morpholine rings is 1. The fourth-order valence-corrected chi connectivity index (χ4v) is 3.65. The van der Waals surface area contributed by atoms with E-state index in [1.54, 1.807) is 0 Å². The summed E-state index contributed by atoms with van der Waals surface area (Å²) in [5, 5.41) is 8.42. The maximum absolute atomic E-state index is 14.0. The summed E-state index contributed by atoms with van der Waals surface area (Å²) >= 11 is 0. The van der Waals surface area contributed by atoms with Crippen LogP contribution < -0.4 is 0 Å². The molecule has 0 atom stereocenters. The molecule has 1 heterocycles. The van der Waals surface area contributed by atoms with Gasteiger partial charge in [0.1, 0.15) is 10.7 Å². The topological polar surface area (TPSA) is 96.7 Å². The zero-order valence-corrected chi connectivity index (χ0v) is 13.7. The molecule has 0 N–H and O–H groups in total. The molecule has 0 saturated carbocycles. The highest BCUT2D eigenvalue weighted by Gasteiger charge is 2.29. The zero-order chi connectivity index (χ0) is 17.6. The first-order chi connectivity index (χ1) is 11.5. The van der Waals surface area contributed by atoms with Crippen molar-refractivity contribution in [2.24, 2.45) is 0 Å². The lowest BCUT2D eigenvalue weighted by Crippen LogP contribution is -2.41. The van der Waals surface area contributed by atoms with E-state index < -0.39 is 26.7 Å². The normalized spacial score (nSPS) is 15.7. The number of rotatable bonds is 6. The van der Waals surface area contributed by atoms with E-state index in [9.17, 15) is 17.6 Å². The van der Waals surface area contributed by atoms with Crippen molar-refractivity contribution in [1.29, 1.82) is 5.26 Å². The highest BCUT2D eigenvalue weighted by Crippen LogP contribution is 2.22. The smallest absolute Gasteiger partial charge is 0.338 e. The largest absolute Gasteiger partial charge is 0.462 e. The number of ether oxygens (including phenoxy) is 2. The third kappa shape index (κ3) is 4.29. The summed E-state index contributed by atoms with van der Waals surface area (Å²) < 4.78 is 50.2. The van der Waals surface area contributed by atoms with Gasteiger partial charge in [-0.15, -0.1) is 0 Å². The molecule has 1 aliphatic heterocycles. The Morgan fingerprint density at radius 3 is 2.75 bits per heavy atom. The van der Waals surface area contributed by atoms with E-state index in [0.717, 1.165) is 16.4 Å². The number of sulfonamides is 1. The molecule has 0 aromatic heterocycles. The Kier molecular flexibility index (Phi) is 6.25. The predicted octanol–water partition coefficient (Wildman–Crippen LogP) is 1.31. The van der Waals surface area contributed by atoms with Crippen LogP contribution in [0.4, 0.5) is 4.39 Å². The Labute approximate surface area is 139 Å². The van der Waals surface area contributed by atoms with Crippen molar-refractivity contribution in [3.05, 3.63) is 29.6 Å². The van der Waals surface area contributed by atoms with Crippen molar-refractivity contribution in [3.63, 3.8) is 0 Å². The van der Waals surface area contributed by atoms with Crippen LogP contribution in [0.25, 0.3) is 0 Å². The minimum absolute atomic E-state index is 0.0370. The monoisotopic (exact) mass is 356 g/mol. The van der Waals surface area contributed by atoms with E-state index in [1.165, 1.54) is 6.07 Å². The van der Waals surface area contributed by atoms with Gasteiger partial charge in [0.15, 0.2) is 0 Å². The summed E-state index contributed by atoms with van der Waals surface area (Å²) in [5.41, 5.74) is -0.0554. The molecule has 9 heteroatoms. The van der Waals surface area contributed by atoms with Gasteiger partial charge in [0.2, 0.25) is 10.0 Å². The minimum atomic E-state index is -4.05. The van der Waals surface area contributed by atoms with Gasteiger partial charge >= 0.3 is 5.97 Å². The molecule has 0 unspecified atom stereocenters. The highest BCUT2D eigenvalue weighted by atomic mass is 32.2. The van der Waals surface area contributed by atoms with Crippen LogP contribution in [0, 0.1) is 17.1 Å². The second-order valence-electron chi connectivity index (χ2n) is 5.06. The van der Waals surface area contributed by atoms with Gasteiger partial charge < -0.3 is 9.47 Å². The number of hydrogen-bond acceptors (Lipinski definition) is 6. The summed E-state index contributed by atoms with van der Waals surface area (Å²) in [6.07, 6.45) is 0.621. The molecule has 1 fully saturated rings. The predicted molar refractivity (Wildman–Crippen MR) is 81.1 cm³/mol. The summed E-state index contributed by atoms with van der Waals surface area (Å²) in [6, 6.07) is 4.99. The number of carbonyl (C=O) groups is 1. The second-order valence-corrected chi connectivity index (χ2v) is 6.97. The van der Waals surface area contributed by atoms with Crippen LogP contribution in [0.2, 0.25) is 0 Å². The van der Waals surface area contributed by atoms with Gasteiger partial charge in [0.25, 0.3) is 0 Å². The fraction of sp³-hybridized carbons (Fsp3) is 0.467. The van der Waals surface area contributed by atoms with Crippen molar-refractivity contribution in [2.45, 2.75) is 17.7 Å².